The maximum absolute atomic E-state index is 12.8. The highest BCUT2D eigenvalue weighted by molar-refractivity contribution is 5.96. The quantitative estimate of drug-likeness (QED) is 0.894. The smallest absolute Gasteiger partial charge is 0.259 e. The van der Waals surface area contributed by atoms with Crippen molar-refractivity contribution in [2.24, 2.45) is 0 Å². The topological polar surface area (TPSA) is 81.1 Å². The van der Waals surface area contributed by atoms with Gasteiger partial charge >= 0.3 is 0 Å². The number of aromatic nitrogens is 1. The van der Waals surface area contributed by atoms with Crippen LogP contribution in [-0.4, -0.2) is 66.5 Å². The molecule has 0 radical (unpaired) electrons. The van der Waals surface area contributed by atoms with Gasteiger partial charge in [0.15, 0.2) is 0 Å². The van der Waals surface area contributed by atoms with Crippen molar-refractivity contribution < 1.29 is 24.1 Å². The highest BCUT2D eigenvalue weighted by Gasteiger charge is 2.44. The molecule has 3 heterocycles. The highest BCUT2D eigenvalue weighted by Crippen LogP contribution is 2.36. The lowest BCUT2D eigenvalue weighted by atomic mass is 9.82. The predicted molar refractivity (Wildman–Crippen MR) is 86.4 cm³/mol. The molecule has 2 aliphatic rings. The zero-order chi connectivity index (χ0) is 17.2. The standard InChI is InChI=1S/C17H24N2O5/c1-22-14-6-5-12(15(18-14)23-2)16(21)19-9-7-17(8-10-19)13(20)4-3-11-24-17/h5-6,13,20H,3-4,7-11H2,1-2H3/t13-/m0/s1. The molecule has 0 aliphatic carbocycles. The highest BCUT2D eigenvalue weighted by atomic mass is 16.5. The molecule has 0 bridgehead atoms. The van der Waals surface area contributed by atoms with Gasteiger partial charge in [0, 0.05) is 25.8 Å². The van der Waals surface area contributed by atoms with E-state index in [1.807, 2.05) is 0 Å². The van der Waals surface area contributed by atoms with Gasteiger partial charge in [-0.15, -0.1) is 0 Å². The Bertz CT molecular complexity index is 599. The van der Waals surface area contributed by atoms with Crippen LogP contribution >= 0.6 is 0 Å². The van der Waals surface area contributed by atoms with Gasteiger partial charge in [-0.2, -0.15) is 4.98 Å². The van der Waals surface area contributed by atoms with Crippen LogP contribution < -0.4 is 9.47 Å². The zero-order valence-corrected chi connectivity index (χ0v) is 14.2. The molecule has 132 valence electrons. The summed E-state index contributed by atoms with van der Waals surface area (Å²) in [5, 5.41) is 10.3. The molecule has 2 fully saturated rings. The molecule has 0 unspecified atom stereocenters. The van der Waals surface area contributed by atoms with Crippen molar-refractivity contribution >= 4 is 5.91 Å². The molecule has 0 saturated carbocycles. The second kappa shape index (κ2) is 6.94. The Labute approximate surface area is 141 Å². The normalized spacial score (nSPS) is 23.1. The van der Waals surface area contributed by atoms with E-state index in [1.54, 1.807) is 17.0 Å². The van der Waals surface area contributed by atoms with Gasteiger partial charge in [-0.05, 0) is 31.7 Å². The maximum Gasteiger partial charge on any atom is 0.259 e. The molecule has 2 saturated heterocycles. The van der Waals surface area contributed by atoms with Gasteiger partial charge in [0.1, 0.15) is 5.56 Å². The molecule has 1 N–H and O–H groups in total. The van der Waals surface area contributed by atoms with E-state index in [9.17, 15) is 9.90 Å². The van der Waals surface area contributed by atoms with Crippen molar-refractivity contribution in [1.82, 2.24) is 9.88 Å². The summed E-state index contributed by atoms with van der Waals surface area (Å²) in [6.07, 6.45) is 2.50. The van der Waals surface area contributed by atoms with E-state index in [0.29, 0.717) is 44.0 Å². The van der Waals surface area contributed by atoms with Crippen LogP contribution in [0.2, 0.25) is 0 Å². The summed E-state index contributed by atoms with van der Waals surface area (Å²) in [6.45, 7) is 1.78. The summed E-state index contributed by atoms with van der Waals surface area (Å²) < 4.78 is 16.2. The maximum atomic E-state index is 12.8. The molecule has 24 heavy (non-hydrogen) atoms. The van der Waals surface area contributed by atoms with Crippen molar-refractivity contribution in [1.29, 1.82) is 0 Å². The molecule has 1 spiro atoms. The fraction of sp³-hybridized carbons (Fsp3) is 0.647. The van der Waals surface area contributed by atoms with Crippen LogP contribution in [0.4, 0.5) is 0 Å². The molecule has 1 atom stereocenters. The van der Waals surface area contributed by atoms with Crippen molar-refractivity contribution in [3.8, 4) is 11.8 Å². The molecule has 0 aromatic carbocycles. The lowest BCUT2D eigenvalue weighted by Crippen LogP contribution is -2.56. The molecule has 1 aromatic rings. The van der Waals surface area contributed by atoms with Crippen LogP contribution in [0.25, 0.3) is 0 Å². The van der Waals surface area contributed by atoms with Crippen molar-refractivity contribution in [2.75, 3.05) is 33.9 Å². The van der Waals surface area contributed by atoms with E-state index in [0.717, 1.165) is 12.8 Å². The lowest BCUT2D eigenvalue weighted by Gasteiger charge is -2.46. The van der Waals surface area contributed by atoms with Crippen LogP contribution in [0.5, 0.6) is 11.8 Å². The number of carbonyl (C=O) groups excluding carboxylic acids is 1. The zero-order valence-electron chi connectivity index (χ0n) is 14.2. The number of carbonyl (C=O) groups is 1. The lowest BCUT2D eigenvalue weighted by molar-refractivity contribution is -0.174. The number of pyridine rings is 1. The first-order chi connectivity index (χ1) is 11.6. The average Bonchev–Trinajstić information content (AvgIpc) is 2.63. The van der Waals surface area contributed by atoms with Crippen LogP contribution in [0.3, 0.4) is 0 Å². The Morgan fingerprint density at radius 2 is 2.08 bits per heavy atom. The summed E-state index contributed by atoms with van der Waals surface area (Å²) in [6, 6.07) is 3.32. The third-order valence-electron chi connectivity index (χ3n) is 4.98. The number of methoxy groups -OCH3 is 2. The van der Waals surface area contributed by atoms with E-state index in [-0.39, 0.29) is 11.8 Å². The Balaban J connectivity index is 1.71. The number of aliphatic hydroxyl groups is 1. The molecular formula is C17H24N2O5. The van der Waals surface area contributed by atoms with E-state index in [1.165, 1.54) is 14.2 Å². The Morgan fingerprint density at radius 3 is 2.71 bits per heavy atom. The van der Waals surface area contributed by atoms with Gasteiger partial charge in [-0.1, -0.05) is 0 Å². The molecule has 1 aromatic heterocycles. The van der Waals surface area contributed by atoms with Gasteiger partial charge < -0.3 is 24.2 Å². The number of aliphatic hydroxyl groups excluding tert-OH is 1. The summed E-state index contributed by atoms with van der Waals surface area (Å²) in [7, 11) is 3.00. The monoisotopic (exact) mass is 336 g/mol. The van der Waals surface area contributed by atoms with Crippen LogP contribution in [0.1, 0.15) is 36.0 Å². The molecule has 3 rings (SSSR count). The van der Waals surface area contributed by atoms with Crippen molar-refractivity contribution in [3.05, 3.63) is 17.7 Å². The molecule has 7 heteroatoms. The predicted octanol–water partition coefficient (Wildman–Crippen LogP) is 1.24. The number of ether oxygens (including phenoxy) is 3. The van der Waals surface area contributed by atoms with Crippen molar-refractivity contribution in [2.45, 2.75) is 37.4 Å². The van der Waals surface area contributed by atoms with Crippen molar-refractivity contribution in [3.63, 3.8) is 0 Å². The number of amides is 1. The number of hydrogen-bond acceptors (Lipinski definition) is 6. The number of hydrogen-bond donors (Lipinski definition) is 1. The number of rotatable bonds is 3. The summed E-state index contributed by atoms with van der Waals surface area (Å²) in [4.78, 5) is 18.7. The minimum atomic E-state index is -0.489. The summed E-state index contributed by atoms with van der Waals surface area (Å²) >= 11 is 0. The van der Waals surface area contributed by atoms with Gasteiger partial charge in [0.05, 0.1) is 25.9 Å². The number of nitrogens with zero attached hydrogens (tertiary/aromatic N) is 2. The third kappa shape index (κ3) is 3.06. The third-order valence-corrected chi connectivity index (χ3v) is 4.98. The second-order valence-electron chi connectivity index (χ2n) is 6.27. The fourth-order valence-electron chi connectivity index (χ4n) is 3.50. The second-order valence-corrected chi connectivity index (χ2v) is 6.27. The Kier molecular flexibility index (Phi) is 4.91. The minimum absolute atomic E-state index is 0.123. The molecule has 1 amide bonds. The first-order valence-electron chi connectivity index (χ1n) is 8.30. The van der Waals surface area contributed by atoms with E-state index >= 15 is 0 Å². The van der Waals surface area contributed by atoms with E-state index in [4.69, 9.17) is 14.2 Å². The molecule has 2 aliphatic heterocycles. The van der Waals surface area contributed by atoms with Gasteiger partial charge in [0.2, 0.25) is 11.8 Å². The minimum Gasteiger partial charge on any atom is -0.481 e. The first kappa shape index (κ1) is 17.0. The van der Waals surface area contributed by atoms with Crippen LogP contribution in [0, 0.1) is 0 Å². The number of piperidine rings is 1. The summed E-state index contributed by atoms with van der Waals surface area (Å²) in [5.74, 6) is 0.537. The van der Waals surface area contributed by atoms with Gasteiger partial charge in [0.25, 0.3) is 5.91 Å². The summed E-state index contributed by atoms with van der Waals surface area (Å²) in [5.41, 5.74) is -0.0727. The van der Waals surface area contributed by atoms with E-state index in [2.05, 4.69) is 4.98 Å². The number of likely N-dealkylation sites (tertiary alicyclic amines) is 1. The first-order valence-corrected chi connectivity index (χ1v) is 8.30. The molecule has 7 nitrogen and oxygen atoms in total. The SMILES string of the molecule is COc1ccc(C(=O)N2CCC3(CC2)OCCC[C@@H]3O)c(OC)n1. The fourth-order valence-corrected chi connectivity index (χ4v) is 3.50. The Hall–Kier alpha value is -1.86. The molecular weight excluding hydrogens is 312 g/mol. The van der Waals surface area contributed by atoms with Crippen LogP contribution in [-0.2, 0) is 4.74 Å². The largest absolute Gasteiger partial charge is 0.481 e. The average molecular weight is 336 g/mol. The van der Waals surface area contributed by atoms with Gasteiger partial charge in [-0.3, -0.25) is 4.79 Å². The van der Waals surface area contributed by atoms with Crippen LogP contribution in [0.15, 0.2) is 12.1 Å². The Morgan fingerprint density at radius 1 is 1.33 bits per heavy atom. The van der Waals surface area contributed by atoms with E-state index < -0.39 is 11.7 Å². The van der Waals surface area contributed by atoms with Gasteiger partial charge in [-0.25, -0.2) is 0 Å².